The molecule has 2 rings (SSSR count). The molecule has 0 bridgehead atoms. The number of nitrogens with one attached hydrogen (secondary N) is 1. The SMILES string of the molecule is COc1ccc(Nc2nnc(C(C)Cl)o2)c(OC)c1. The Morgan fingerprint density at radius 1 is 1.26 bits per heavy atom. The highest BCUT2D eigenvalue weighted by molar-refractivity contribution is 6.20. The Hall–Kier alpha value is -1.95. The van der Waals surface area contributed by atoms with Crippen LogP contribution in [0.5, 0.6) is 11.5 Å². The van der Waals surface area contributed by atoms with E-state index >= 15 is 0 Å². The monoisotopic (exact) mass is 283 g/mol. The lowest BCUT2D eigenvalue weighted by Crippen LogP contribution is -1.95. The fraction of sp³-hybridized carbons (Fsp3) is 0.333. The number of benzene rings is 1. The maximum atomic E-state index is 5.85. The third-order valence-electron chi connectivity index (χ3n) is 2.43. The Bertz CT molecular complexity index is 557. The van der Waals surface area contributed by atoms with Crippen molar-refractivity contribution >= 4 is 23.3 Å². The number of anilines is 2. The van der Waals surface area contributed by atoms with Crippen LogP contribution in [0, 0.1) is 0 Å². The summed E-state index contributed by atoms with van der Waals surface area (Å²) in [7, 11) is 3.16. The first-order valence-corrected chi connectivity index (χ1v) is 6.04. The fourth-order valence-electron chi connectivity index (χ4n) is 1.46. The molecule has 1 atom stereocenters. The highest BCUT2D eigenvalue weighted by atomic mass is 35.5. The van der Waals surface area contributed by atoms with Gasteiger partial charge < -0.3 is 19.2 Å². The lowest BCUT2D eigenvalue weighted by atomic mass is 10.2. The normalized spacial score (nSPS) is 12.0. The first-order chi connectivity index (χ1) is 9.13. The molecule has 1 N–H and O–H groups in total. The zero-order valence-electron chi connectivity index (χ0n) is 10.8. The van der Waals surface area contributed by atoms with Gasteiger partial charge in [-0.3, -0.25) is 0 Å². The molecule has 2 aromatic rings. The van der Waals surface area contributed by atoms with Crippen LogP contribution in [0.25, 0.3) is 0 Å². The van der Waals surface area contributed by atoms with Gasteiger partial charge in [-0.25, -0.2) is 0 Å². The molecule has 0 radical (unpaired) electrons. The summed E-state index contributed by atoms with van der Waals surface area (Å²) < 4.78 is 15.7. The summed E-state index contributed by atoms with van der Waals surface area (Å²) in [6.45, 7) is 1.76. The Kier molecular flexibility index (Phi) is 4.11. The second kappa shape index (κ2) is 5.79. The predicted octanol–water partition coefficient (Wildman–Crippen LogP) is 3.13. The quantitative estimate of drug-likeness (QED) is 0.850. The van der Waals surface area contributed by atoms with Gasteiger partial charge in [0.25, 0.3) is 0 Å². The summed E-state index contributed by atoms with van der Waals surface area (Å²) >= 11 is 5.85. The van der Waals surface area contributed by atoms with Crippen molar-refractivity contribution < 1.29 is 13.9 Å². The molecule has 1 heterocycles. The van der Waals surface area contributed by atoms with Crippen LogP contribution in [-0.2, 0) is 0 Å². The van der Waals surface area contributed by atoms with E-state index in [1.807, 2.05) is 0 Å². The molecule has 1 unspecified atom stereocenters. The number of rotatable bonds is 5. The molecule has 102 valence electrons. The predicted molar refractivity (Wildman–Crippen MR) is 71.4 cm³/mol. The minimum atomic E-state index is -0.333. The van der Waals surface area contributed by atoms with Gasteiger partial charge in [0, 0.05) is 6.07 Å². The molecule has 0 saturated carbocycles. The number of halogens is 1. The Morgan fingerprint density at radius 2 is 2.05 bits per heavy atom. The van der Waals surface area contributed by atoms with E-state index in [0.29, 0.717) is 23.1 Å². The van der Waals surface area contributed by atoms with Crippen LogP contribution in [0.3, 0.4) is 0 Å². The Morgan fingerprint density at radius 3 is 2.63 bits per heavy atom. The maximum Gasteiger partial charge on any atom is 0.320 e. The van der Waals surface area contributed by atoms with Crippen LogP contribution in [0.1, 0.15) is 18.2 Å². The van der Waals surface area contributed by atoms with Gasteiger partial charge in [0.1, 0.15) is 16.9 Å². The summed E-state index contributed by atoms with van der Waals surface area (Å²) in [5.74, 6) is 1.66. The Labute approximate surface area is 115 Å². The van der Waals surface area contributed by atoms with Gasteiger partial charge in [0.05, 0.1) is 19.9 Å². The number of hydrogen-bond acceptors (Lipinski definition) is 6. The first kappa shape index (κ1) is 13.5. The van der Waals surface area contributed by atoms with Crippen molar-refractivity contribution in [3.63, 3.8) is 0 Å². The van der Waals surface area contributed by atoms with Crippen molar-refractivity contribution in [1.82, 2.24) is 10.2 Å². The smallest absolute Gasteiger partial charge is 0.320 e. The minimum Gasteiger partial charge on any atom is -0.497 e. The number of hydrogen-bond donors (Lipinski definition) is 1. The van der Waals surface area contributed by atoms with Crippen LogP contribution >= 0.6 is 11.6 Å². The molecule has 0 aliphatic heterocycles. The third-order valence-corrected chi connectivity index (χ3v) is 2.62. The van der Waals surface area contributed by atoms with Gasteiger partial charge in [0.2, 0.25) is 5.89 Å². The van der Waals surface area contributed by atoms with E-state index in [2.05, 4.69) is 15.5 Å². The molecule has 0 aliphatic rings. The van der Waals surface area contributed by atoms with Crippen LogP contribution in [0.4, 0.5) is 11.7 Å². The summed E-state index contributed by atoms with van der Waals surface area (Å²) in [6.07, 6.45) is 0. The van der Waals surface area contributed by atoms with Gasteiger partial charge in [0.15, 0.2) is 0 Å². The van der Waals surface area contributed by atoms with Gasteiger partial charge >= 0.3 is 6.01 Å². The number of aromatic nitrogens is 2. The van der Waals surface area contributed by atoms with Crippen LogP contribution < -0.4 is 14.8 Å². The molecule has 0 saturated heterocycles. The van der Waals surface area contributed by atoms with Crippen molar-refractivity contribution in [2.75, 3.05) is 19.5 Å². The second-order valence-corrected chi connectivity index (χ2v) is 4.41. The van der Waals surface area contributed by atoms with Crippen LogP contribution in [0.2, 0.25) is 0 Å². The molecular formula is C12H14ClN3O3. The average Bonchev–Trinajstić information content (AvgIpc) is 2.88. The van der Waals surface area contributed by atoms with E-state index in [-0.39, 0.29) is 11.4 Å². The summed E-state index contributed by atoms with van der Waals surface area (Å²) in [5, 5.41) is 10.3. The molecule has 0 amide bonds. The first-order valence-electron chi connectivity index (χ1n) is 5.60. The molecule has 19 heavy (non-hydrogen) atoms. The largest absolute Gasteiger partial charge is 0.497 e. The van der Waals surface area contributed by atoms with E-state index < -0.39 is 0 Å². The van der Waals surface area contributed by atoms with E-state index in [1.165, 1.54) is 0 Å². The molecule has 7 heteroatoms. The van der Waals surface area contributed by atoms with E-state index in [9.17, 15) is 0 Å². The van der Waals surface area contributed by atoms with Crippen molar-refractivity contribution in [3.8, 4) is 11.5 Å². The summed E-state index contributed by atoms with van der Waals surface area (Å²) in [4.78, 5) is 0. The summed E-state index contributed by atoms with van der Waals surface area (Å²) in [5.41, 5.74) is 0.695. The van der Waals surface area contributed by atoms with Crippen molar-refractivity contribution in [1.29, 1.82) is 0 Å². The van der Waals surface area contributed by atoms with Crippen molar-refractivity contribution in [3.05, 3.63) is 24.1 Å². The topological polar surface area (TPSA) is 69.4 Å². The van der Waals surface area contributed by atoms with E-state index in [4.69, 9.17) is 25.5 Å². The highest BCUT2D eigenvalue weighted by Gasteiger charge is 2.13. The molecule has 6 nitrogen and oxygen atoms in total. The number of ether oxygens (including phenoxy) is 2. The van der Waals surface area contributed by atoms with Crippen molar-refractivity contribution in [2.45, 2.75) is 12.3 Å². The molecule has 1 aromatic heterocycles. The zero-order chi connectivity index (χ0) is 13.8. The van der Waals surface area contributed by atoms with Crippen LogP contribution in [0.15, 0.2) is 22.6 Å². The van der Waals surface area contributed by atoms with Gasteiger partial charge in [-0.05, 0) is 19.1 Å². The zero-order valence-corrected chi connectivity index (χ0v) is 11.6. The number of nitrogens with zero attached hydrogens (tertiary/aromatic N) is 2. The molecule has 0 spiro atoms. The molecule has 0 fully saturated rings. The number of alkyl halides is 1. The molecular weight excluding hydrogens is 270 g/mol. The maximum absolute atomic E-state index is 5.85. The lowest BCUT2D eigenvalue weighted by Gasteiger charge is -2.09. The second-order valence-electron chi connectivity index (χ2n) is 3.75. The van der Waals surface area contributed by atoms with Crippen molar-refractivity contribution in [2.24, 2.45) is 0 Å². The van der Waals surface area contributed by atoms with E-state index in [1.54, 1.807) is 39.3 Å². The fourth-order valence-corrected chi connectivity index (χ4v) is 1.55. The van der Waals surface area contributed by atoms with Crippen LogP contribution in [-0.4, -0.2) is 24.4 Å². The third kappa shape index (κ3) is 3.08. The van der Waals surface area contributed by atoms with E-state index in [0.717, 1.165) is 0 Å². The minimum absolute atomic E-state index is 0.256. The number of methoxy groups -OCH3 is 2. The van der Waals surface area contributed by atoms with Gasteiger partial charge in [-0.2, -0.15) is 0 Å². The molecule has 1 aromatic carbocycles. The summed E-state index contributed by atoms with van der Waals surface area (Å²) in [6, 6.07) is 5.60. The highest BCUT2D eigenvalue weighted by Crippen LogP contribution is 2.31. The Balaban J connectivity index is 2.22. The van der Waals surface area contributed by atoms with Gasteiger partial charge in [-0.1, -0.05) is 5.10 Å². The molecule has 0 aliphatic carbocycles. The van der Waals surface area contributed by atoms with Gasteiger partial charge in [-0.15, -0.1) is 16.7 Å². The standard InChI is InChI=1S/C12H14ClN3O3/c1-7(13)11-15-16-12(19-11)14-9-5-4-8(17-2)6-10(9)18-3/h4-7H,1-3H3,(H,14,16). The average molecular weight is 284 g/mol. The lowest BCUT2D eigenvalue weighted by molar-refractivity contribution is 0.395.